The van der Waals surface area contributed by atoms with Crippen LogP contribution in [0.15, 0.2) is 0 Å². The van der Waals surface area contributed by atoms with Crippen molar-refractivity contribution in [2.75, 3.05) is 0 Å². The standard InChI is InChI=1S/C13H24N2O/c1-12(8-4-3-5-9-12)15-11(16)13(2,14)10-6-7-10/h10H,3-9,14H2,1-2H3,(H,15,16). The summed E-state index contributed by atoms with van der Waals surface area (Å²) in [5, 5.41) is 3.19. The Morgan fingerprint density at radius 2 is 1.88 bits per heavy atom. The molecule has 0 aromatic carbocycles. The summed E-state index contributed by atoms with van der Waals surface area (Å²) in [7, 11) is 0. The molecule has 0 spiro atoms. The van der Waals surface area contributed by atoms with Gasteiger partial charge in [-0.3, -0.25) is 4.79 Å². The highest BCUT2D eigenvalue weighted by Gasteiger charge is 2.45. The van der Waals surface area contributed by atoms with Crippen molar-refractivity contribution in [3.8, 4) is 0 Å². The molecule has 0 aromatic rings. The Balaban J connectivity index is 1.95. The van der Waals surface area contributed by atoms with Gasteiger partial charge in [-0.15, -0.1) is 0 Å². The van der Waals surface area contributed by atoms with E-state index in [0.717, 1.165) is 25.7 Å². The monoisotopic (exact) mass is 224 g/mol. The molecule has 0 heterocycles. The second kappa shape index (κ2) is 4.02. The molecule has 1 amide bonds. The molecule has 0 aliphatic heterocycles. The van der Waals surface area contributed by atoms with E-state index in [9.17, 15) is 4.79 Å². The third-order valence-electron chi connectivity index (χ3n) is 4.29. The van der Waals surface area contributed by atoms with Gasteiger partial charge in [0, 0.05) is 5.54 Å². The van der Waals surface area contributed by atoms with Crippen LogP contribution in [0.25, 0.3) is 0 Å². The highest BCUT2D eigenvalue weighted by Crippen LogP contribution is 2.39. The van der Waals surface area contributed by atoms with Gasteiger partial charge in [0.25, 0.3) is 0 Å². The Hall–Kier alpha value is -0.570. The van der Waals surface area contributed by atoms with Crippen LogP contribution in [0.1, 0.15) is 58.8 Å². The van der Waals surface area contributed by atoms with Crippen molar-refractivity contribution in [3.05, 3.63) is 0 Å². The molecule has 2 saturated carbocycles. The van der Waals surface area contributed by atoms with E-state index in [1.54, 1.807) is 0 Å². The number of carbonyl (C=O) groups is 1. The largest absolute Gasteiger partial charge is 0.349 e. The van der Waals surface area contributed by atoms with Gasteiger partial charge in [0.15, 0.2) is 0 Å². The number of hydrogen-bond donors (Lipinski definition) is 2. The summed E-state index contributed by atoms with van der Waals surface area (Å²) < 4.78 is 0. The second-order valence-electron chi connectivity index (χ2n) is 6.13. The lowest BCUT2D eigenvalue weighted by Crippen LogP contribution is -2.59. The van der Waals surface area contributed by atoms with Crippen LogP contribution >= 0.6 is 0 Å². The first-order valence-corrected chi connectivity index (χ1v) is 6.56. The maximum absolute atomic E-state index is 12.2. The number of amides is 1. The lowest BCUT2D eigenvalue weighted by molar-refractivity contribution is -0.128. The van der Waals surface area contributed by atoms with Gasteiger partial charge in [-0.05, 0) is 45.4 Å². The molecule has 2 aliphatic rings. The first-order valence-electron chi connectivity index (χ1n) is 6.56. The molecule has 2 rings (SSSR count). The number of hydrogen-bond acceptors (Lipinski definition) is 2. The molecule has 0 aromatic heterocycles. The molecule has 3 heteroatoms. The van der Waals surface area contributed by atoms with Crippen LogP contribution in [0.4, 0.5) is 0 Å². The Labute approximate surface area is 98.2 Å². The van der Waals surface area contributed by atoms with Gasteiger partial charge in [-0.25, -0.2) is 0 Å². The molecule has 2 aliphatic carbocycles. The zero-order valence-electron chi connectivity index (χ0n) is 10.5. The maximum atomic E-state index is 12.2. The topological polar surface area (TPSA) is 55.1 Å². The minimum absolute atomic E-state index is 0.00907. The summed E-state index contributed by atoms with van der Waals surface area (Å²) in [6, 6.07) is 0. The molecule has 0 saturated heterocycles. The molecule has 0 radical (unpaired) electrons. The normalized spacial score (nSPS) is 28.2. The second-order valence-corrected chi connectivity index (χ2v) is 6.13. The molecule has 3 N–H and O–H groups in total. The fourth-order valence-electron chi connectivity index (χ4n) is 2.73. The van der Waals surface area contributed by atoms with Crippen LogP contribution in [0.3, 0.4) is 0 Å². The van der Waals surface area contributed by atoms with E-state index in [1.165, 1.54) is 19.3 Å². The molecular formula is C13H24N2O. The van der Waals surface area contributed by atoms with Crippen molar-refractivity contribution in [1.82, 2.24) is 5.32 Å². The smallest absolute Gasteiger partial charge is 0.240 e. The van der Waals surface area contributed by atoms with Gasteiger partial charge >= 0.3 is 0 Å². The summed E-state index contributed by atoms with van der Waals surface area (Å²) in [6.07, 6.45) is 8.16. The molecule has 1 atom stereocenters. The van der Waals surface area contributed by atoms with Crippen molar-refractivity contribution >= 4 is 5.91 Å². The third-order valence-corrected chi connectivity index (χ3v) is 4.29. The van der Waals surface area contributed by atoms with E-state index < -0.39 is 5.54 Å². The number of carbonyl (C=O) groups excluding carboxylic acids is 1. The Morgan fingerprint density at radius 1 is 1.31 bits per heavy atom. The Kier molecular flexibility index (Phi) is 2.99. The van der Waals surface area contributed by atoms with Gasteiger partial charge in [-0.1, -0.05) is 19.3 Å². The first-order chi connectivity index (χ1) is 7.44. The van der Waals surface area contributed by atoms with Gasteiger partial charge in [0.05, 0.1) is 5.54 Å². The van der Waals surface area contributed by atoms with Crippen molar-refractivity contribution in [2.45, 2.75) is 69.9 Å². The van der Waals surface area contributed by atoms with Crippen LogP contribution in [-0.2, 0) is 4.79 Å². The molecule has 2 fully saturated rings. The van der Waals surface area contributed by atoms with E-state index in [-0.39, 0.29) is 11.4 Å². The molecule has 0 bridgehead atoms. The van der Waals surface area contributed by atoms with Crippen LogP contribution in [0.2, 0.25) is 0 Å². The van der Waals surface area contributed by atoms with E-state index in [1.807, 2.05) is 6.92 Å². The maximum Gasteiger partial charge on any atom is 0.240 e. The van der Waals surface area contributed by atoms with Gasteiger partial charge in [-0.2, -0.15) is 0 Å². The summed E-state index contributed by atoms with van der Waals surface area (Å²) in [5.74, 6) is 0.457. The average Bonchev–Trinajstić information content (AvgIpc) is 3.01. The number of nitrogens with two attached hydrogens (primary N) is 1. The summed E-state index contributed by atoms with van der Waals surface area (Å²) in [5.41, 5.74) is 5.47. The Morgan fingerprint density at radius 3 is 2.38 bits per heavy atom. The fourth-order valence-corrected chi connectivity index (χ4v) is 2.73. The fraction of sp³-hybridized carbons (Fsp3) is 0.923. The SMILES string of the molecule is CC1(NC(=O)C(C)(N)C2CC2)CCCCC1. The minimum atomic E-state index is -0.652. The molecule has 16 heavy (non-hydrogen) atoms. The van der Waals surface area contributed by atoms with Gasteiger partial charge in [0.1, 0.15) is 0 Å². The summed E-state index contributed by atoms with van der Waals surface area (Å²) >= 11 is 0. The molecule has 1 unspecified atom stereocenters. The van der Waals surface area contributed by atoms with Crippen molar-refractivity contribution in [3.63, 3.8) is 0 Å². The van der Waals surface area contributed by atoms with E-state index in [2.05, 4.69) is 12.2 Å². The summed E-state index contributed by atoms with van der Waals surface area (Å²) in [6.45, 7) is 4.04. The predicted molar refractivity (Wildman–Crippen MR) is 64.9 cm³/mol. The highest BCUT2D eigenvalue weighted by molar-refractivity contribution is 5.87. The first kappa shape index (κ1) is 11.9. The van der Waals surface area contributed by atoms with Gasteiger partial charge < -0.3 is 11.1 Å². The highest BCUT2D eigenvalue weighted by atomic mass is 16.2. The van der Waals surface area contributed by atoms with Crippen molar-refractivity contribution in [1.29, 1.82) is 0 Å². The molecular weight excluding hydrogens is 200 g/mol. The lowest BCUT2D eigenvalue weighted by atomic mass is 9.82. The van der Waals surface area contributed by atoms with Crippen LogP contribution in [-0.4, -0.2) is 17.0 Å². The predicted octanol–water partition coefficient (Wildman–Crippen LogP) is 1.95. The van der Waals surface area contributed by atoms with Crippen molar-refractivity contribution in [2.24, 2.45) is 11.7 Å². The van der Waals surface area contributed by atoms with E-state index in [4.69, 9.17) is 5.73 Å². The van der Waals surface area contributed by atoms with Crippen LogP contribution < -0.4 is 11.1 Å². The van der Waals surface area contributed by atoms with Gasteiger partial charge in [0.2, 0.25) is 5.91 Å². The van der Waals surface area contributed by atoms with Crippen LogP contribution in [0, 0.1) is 5.92 Å². The lowest BCUT2D eigenvalue weighted by Gasteiger charge is -2.37. The number of nitrogens with one attached hydrogen (secondary N) is 1. The van der Waals surface area contributed by atoms with Crippen molar-refractivity contribution < 1.29 is 4.79 Å². The molecule has 92 valence electrons. The zero-order chi connectivity index (χ0) is 11.8. The Bertz CT molecular complexity index is 276. The minimum Gasteiger partial charge on any atom is -0.349 e. The van der Waals surface area contributed by atoms with E-state index >= 15 is 0 Å². The zero-order valence-corrected chi connectivity index (χ0v) is 10.5. The van der Waals surface area contributed by atoms with Crippen LogP contribution in [0.5, 0.6) is 0 Å². The quantitative estimate of drug-likeness (QED) is 0.770. The third kappa shape index (κ3) is 2.40. The number of rotatable bonds is 3. The van der Waals surface area contributed by atoms with E-state index in [0.29, 0.717) is 5.92 Å². The summed E-state index contributed by atoms with van der Waals surface area (Å²) in [4.78, 5) is 12.2. The molecule has 3 nitrogen and oxygen atoms in total. The average molecular weight is 224 g/mol.